The topological polar surface area (TPSA) is 48.8 Å². The number of para-hydroxylation sites is 4. The maximum Gasteiger partial charge on any atom is 0.268 e. The number of hydrogen-bond donors (Lipinski definition) is 0. The zero-order chi connectivity index (χ0) is 49.7. The maximum absolute atomic E-state index is 8.98. The van der Waals surface area contributed by atoms with Crippen LogP contribution in [0.25, 0.3) is 72.3 Å². The van der Waals surface area contributed by atoms with Gasteiger partial charge >= 0.3 is 0 Å². The molecule has 0 atom stereocenters. The summed E-state index contributed by atoms with van der Waals surface area (Å²) in [6, 6.07) is 28.0. The third kappa shape index (κ3) is 7.26. The zero-order valence-corrected chi connectivity index (χ0v) is 34.1. The fourth-order valence-corrected chi connectivity index (χ4v) is 7.23. The molecule has 0 aliphatic heterocycles. The van der Waals surface area contributed by atoms with Gasteiger partial charge in [-0.1, -0.05) is 154 Å². The molecule has 0 saturated heterocycles. The summed E-state index contributed by atoms with van der Waals surface area (Å²) in [5.74, 6) is 1.03. The number of hydrogen-bond acceptors (Lipinski definition) is 3. The Morgan fingerprint density at radius 3 is 2.15 bits per heavy atom. The Balaban J connectivity index is 0.00000624. The van der Waals surface area contributed by atoms with Crippen LogP contribution >= 0.6 is 0 Å². The van der Waals surface area contributed by atoms with Gasteiger partial charge in [-0.25, -0.2) is 4.98 Å². The zero-order valence-electron chi connectivity index (χ0n) is 43.9. The van der Waals surface area contributed by atoms with Crippen LogP contribution < -0.4 is 9.30 Å². The van der Waals surface area contributed by atoms with Crippen molar-refractivity contribution in [2.75, 3.05) is 0 Å². The third-order valence-electron chi connectivity index (χ3n) is 9.51. The van der Waals surface area contributed by atoms with Crippen molar-refractivity contribution in [1.82, 2.24) is 19.1 Å². The second-order valence-electron chi connectivity index (χ2n) is 14.6. The minimum atomic E-state index is -1.67. The largest absolute Gasteiger partial charge is 0.508 e. The number of fused-ring (bicyclic) bond motifs is 4. The summed E-state index contributed by atoms with van der Waals surface area (Å²) in [5.41, 5.74) is 2.67. The Bertz CT molecular complexity index is 3670. The molecule has 4 heterocycles. The van der Waals surface area contributed by atoms with Crippen molar-refractivity contribution in [3.8, 4) is 50.9 Å². The molecule has 10 aromatic rings. The quantitative estimate of drug-likeness (QED) is 0.113. The van der Waals surface area contributed by atoms with E-state index in [1.165, 1.54) is 12.4 Å². The van der Waals surface area contributed by atoms with Crippen molar-refractivity contribution in [1.29, 1.82) is 0 Å². The molecule has 0 fully saturated rings. The molecule has 290 valence electrons. The van der Waals surface area contributed by atoms with Gasteiger partial charge in [-0.3, -0.25) is 4.57 Å². The predicted molar refractivity (Wildman–Crippen MR) is 232 cm³/mol. The summed E-state index contributed by atoms with van der Waals surface area (Å²) in [6.45, 7) is 5.58. The van der Waals surface area contributed by atoms with Gasteiger partial charge in [-0.2, -0.15) is 6.07 Å². The van der Waals surface area contributed by atoms with Crippen molar-refractivity contribution < 1.29 is 46.8 Å². The van der Waals surface area contributed by atoms with Crippen molar-refractivity contribution >= 4 is 32.8 Å². The molecule has 0 N–H and O–H groups in total. The molecule has 59 heavy (non-hydrogen) atoms. The monoisotopic (exact) mass is 956 g/mol. The average Bonchev–Trinajstić information content (AvgIpc) is 3.90. The summed E-state index contributed by atoms with van der Waals surface area (Å²) in [6.07, 6.45) is 6.30. The Kier molecular flexibility index (Phi) is 6.99. The van der Waals surface area contributed by atoms with E-state index in [4.69, 9.17) is 26.2 Å². The molecule has 0 unspecified atom stereocenters. The standard InChI is InChI=1S/C52H39N5O.Pt/c1-52(2,3)32-36-27-28-54-50(29-36)57-46-22-11-10-19-44(46)45-26-25-40(31-49(45)57)58-41-30-39(33-53-34-41)55-35-56(48-24-13-12-23-47(48)55)51-42(37-15-6-4-7-16-37)20-14-21-43(51)38-17-8-5-9-18-38;/h4-29,33-34H,32H2,1-3H3;/q-2;/i4D,5D,6D,7D,8D,9D,15D,16D,17D,18D,32D2;. The first-order valence-corrected chi connectivity index (χ1v) is 18.5. The van der Waals surface area contributed by atoms with Crippen LogP contribution in [-0.2, 0) is 27.4 Å². The summed E-state index contributed by atoms with van der Waals surface area (Å²) in [5, 5.41) is 1.81. The number of benzene rings is 6. The van der Waals surface area contributed by atoms with Crippen LogP contribution in [0.2, 0.25) is 0 Å². The van der Waals surface area contributed by atoms with E-state index in [0.29, 0.717) is 39.4 Å². The third-order valence-corrected chi connectivity index (χ3v) is 9.51. The fraction of sp³-hybridized carbons (Fsp3) is 0.0962. The Morgan fingerprint density at radius 2 is 1.42 bits per heavy atom. The van der Waals surface area contributed by atoms with Crippen LogP contribution in [0.1, 0.15) is 42.8 Å². The van der Waals surface area contributed by atoms with Gasteiger partial charge in [-0.05, 0) is 75.1 Å². The normalized spacial score (nSPS) is 14.7. The summed E-state index contributed by atoms with van der Waals surface area (Å²) >= 11 is 0. The first kappa shape index (κ1) is 26.4. The van der Waals surface area contributed by atoms with Crippen molar-refractivity contribution in [2.24, 2.45) is 5.41 Å². The molecule has 10 rings (SSSR count). The minimum absolute atomic E-state index is 0. The van der Waals surface area contributed by atoms with Crippen LogP contribution in [0.4, 0.5) is 0 Å². The molecular weight excluding hydrogens is 906 g/mol. The molecule has 6 aromatic carbocycles. The van der Waals surface area contributed by atoms with Crippen molar-refractivity contribution in [3.63, 3.8) is 0 Å². The number of aromatic nitrogens is 5. The smallest absolute Gasteiger partial charge is 0.268 e. The Hall–Kier alpha value is -6.62. The van der Waals surface area contributed by atoms with E-state index in [9.17, 15) is 0 Å². The van der Waals surface area contributed by atoms with Crippen molar-refractivity contribution in [3.05, 3.63) is 194 Å². The summed E-state index contributed by atoms with van der Waals surface area (Å²) < 4.78 is 116. The number of pyridine rings is 2. The Labute approximate surface area is 375 Å². The molecular formula is C52H39N5OPt-2. The second kappa shape index (κ2) is 15.6. The van der Waals surface area contributed by atoms with E-state index in [1.54, 1.807) is 76.0 Å². The maximum atomic E-state index is 8.98. The molecule has 4 aromatic heterocycles. The summed E-state index contributed by atoms with van der Waals surface area (Å²) in [7, 11) is 0. The van der Waals surface area contributed by atoms with Crippen LogP contribution in [0.5, 0.6) is 11.5 Å². The van der Waals surface area contributed by atoms with E-state index >= 15 is 0 Å². The molecule has 0 amide bonds. The number of imidazole rings is 1. The van der Waals surface area contributed by atoms with E-state index in [2.05, 4.69) is 23.4 Å². The summed E-state index contributed by atoms with van der Waals surface area (Å²) in [4.78, 5) is 9.20. The van der Waals surface area contributed by atoms with Gasteiger partial charge in [0.1, 0.15) is 5.82 Å². The molecule has 0 aliphatic rings. The number of nitrogens with zero attached hydrogens (tertiary/aromatic N) is 5. The van der Waals surface area contributed by atoms with Gasteiger partial charge in [0.15, 0.2) is 0 Å². The van der Waals surface area contributed by atoms with Crippen LogP contribution in [0.15, 0.2) is 170 Å². The van der Waals surface area contributed by atoms with Gasteiger partial charge in [0.25, 0.3) is 6.33 Å². The van der Waals surface area contributed by atoms with Crippen LogP contribution in [0.3, 0.4) is 0 Å². The Morgan fingerprint density at radius 1 is 0.729 bits per heavy atom. The van der Waals surface area contributed by atoms with Gasteiger partial charge in [0.05, 0.1) is 30.4 Å². The van der Waals surface area contributed by atoms with Gasteiger partial charge in [0, 0.05) is 47.0 Å². The van der Waals surface area contributed by atoms with E-state index in [1.807, 2.05) is 55.7 Å². The second-order valence-corrected chi connectivity index (χ2v) is 14.6. The van der Waals surface area contributed by atoms with Crippen molar-refractivity contribution in [2.45, 2.75) is 27.1 Å². The predicted octanol–water partition coefficient (Wildman–Crippen LogP) is 11.9. The molecule has 6 nitrogen and oxygen atoms in total. The van der Waals surface area contributed by atoms with Gasteiger partial charge in [0.2, 0.25) is 0 Å². The number of rotatable bonds is 8. The molecule has 0 bridgehead atoms. The van der Waals surface area contributed by atoms with E-state index in [0.717, 1.165) is 16.3 Å². The molecule has 7 heteroatoms. The molecule has 0 spiro atoms. The van der Waals surface area contributed by atoms with Crippen LogP contribution in [-0.4, -0.2) is 19.1 Å². The fourth-order valence-electron chi connectivity index (χ4n) is 7.23. The minimum Gasteiger partial charge on any atom is -0.508 e. The van der Waals surface area contributed by atoms with Crippen LogP contribution in [0, 0.1) is 23.9 Å². The van der Waals surface area contributed by atoms with Gasteiger partial charge in [-0.15, -0.1) is 23.6 Å². The number of ether oxygens (including phenoxy) is 1. The first-order valence-electron chi connectivity index (χ1n) is 24.5. The van der Waals surface area contributed by atoms with Gasteiger partial charge < -0.3 is 18.9 Å². The average molecular weight is 957 g/mol. The molecule has 0 saturated carbocycles. The SMILES string of the molecule is [2H]c1c([2H])c([2H])c(-c2cccc(-c3c([2H])c([2H])c([2H])c([2H])c3[2H])c2-[n+]2[c-]n(-c3[c-]c(Oc4[c-]c5c(cc4)c4ccccc4n5-c4cc(C([2H])([2H])C(C)(C)C)ccn4)cnc3)c3ccccc32)c([2H])c1[2H].[Pt]. The first-order chi connectivity index (χ1) is 33.3. The molecule has 0 radical (unpaired) electrons. The van der Waals surface area contributed by atoms with E-state index < -0.39 is 72.2 Å². The van der Waals surface area contributed by atoms with E-state index in [-0.39, 0.29) is 54.8 Å². The molecule has 0 aliphatic carbocycles.